The second-order valence-electron chi connectivity index (χ2n) is 5.75. The van der Waals surface area contributed by atoms with Crippen LogP contribution in [0.15, 0.2) is 30.3 Å². The lowest BCUT2D eigenvalue weighted by atomic mass is 9.84. The average Bonchev–Trinajstić information content (AvgIpc) is 2.77. The highest BCUT2D eigenvalue weighted by atomic mass is 16.6. The van der Waals surface area contributed by atoms with Crippen molar-refractivity contribution in [1.82, 2.24) is 4.57 Å². The first kappa shape index (κ1) is 15.6. The van der Waals surface area contributed by atoms with E-state index in [1.807, 2.05) is 51.1 Å². The zero-order valence-electron chi connectivity index (χ0n) is 13.0. The van der Waals surface area contributed by atoms with Crippen molar-refractivity contribution in [3.8, 4) is 0 Å². The molecule has 2 rings (SSSR count). The molecule has 0 N–H and O–H groups in total. The number of carbonyl (C=O) groups is 1. The van der Waals surface area contributed by atoms with Crippen molar-refractivity contribution in [2.75, 3.05) is 14.2 Å². The van der Waals surface area contributed by atoms with E-state index in [2.05, 4.69) is 0 Å². The zero-order chi connectivity index (χ0) is 15.6. The third kappa shape index (κ3) is 3.28. The molecule has 5 nitrogen and oxygen atoms in total. The van der Waals surface area contributed by atoms with Gasteiger partial charge in [-0.05, 0) is 38.3 Å². The molecule has 2 aromatic rings. The number of hydrogen-bond donors (Lipinski definition) is 0. The van der Waals surface area contributed by atoms with Gasteiger partial charge in [0.15, 0.2) is 0 Å². The summed E-state index contributed by atoms with van der Waals surface area (Å²) in [6.45, 7) is 5.50. The predicted octanol–water partition coefficient (Wildman–Crippen LogP) is 2.41. The largest absolute Gasteiger partial charge is 0.511 e. The molecule has 112 valence electrons. The fourth-order valence-electron chi connectivity index (χ4n) is 2.20. The number of para-hydroxylation sites is 1. The maximum atomic E-state index is 12.5. The van der Waals surface area contributed by atoms with Crippen molar-refractivity contribution in [1.29, 1.82) is 0 Å². The molecule has 0 radical (unpaired) electrons. The molecule has 0 aliphatic rings. The molecule has 0 unspecified atom stereocenters. The van der Waals surface area contributed by atoms with Crippen LogP contribution in [0.2, 0.25) is 0 Å². The van der Waals surface area contributed by atoms with Crippen LogP contribution in [0, 0.1) is 0 Å². The molecule has 21 heavy (non-hydrogen) atoms. The first-order valence-corrected chi connectivity index (χ1v) is 6.76. The van der Waals surface area contributed by atoms with Crippen molar-refractivity contribution >= 4 is 29.7 Å². The van der Waals surface area contributed by atoms with E-state index in [1.54, 1.807) is 0 Å². The minimum absolute atomic E-state index is 0.446. The van der Waals surface area contributed by atoms with E-state index in [9.17, 15) is 4.79 Å². The highest BCUT2D eigenvalue weighted by molar-refractivity contribution is 6.61. The predicted molar refractivity (Wildman–Crippen MR) is 83.0 cm³/mol. The van der Waals surface area contributed by atoms with E-state index in [0.29, 0.717) is 5.59 Å². The summed E-state index contributed by atoms with van der Waals surface area (Å²) < 4.78 is 17.6. The number of carbonyl (C=O) groups excluding carboxylic acids is 1. The minimum Gasteiger partial charge on any atom is -0.443 e. The van der Waals surface area contributed by atoms with E-state index in [0.717, 1.165) is 10.9 Å². The third-order valence-corrected chi connectivity index (χ3v) is 2.98. The van der Waals surface area contributed by atoms with E-state index in [1.165, 1.54) is 18.8 Å². The summed E-state index contributed by atoms with van der Waals surface area (Å²) in [6.07, 6.45) is -0.446. The van der Waals surface area contributed by atoms with Crippen LogP contribution < -0.4 is 5.59 Å². The van der Waals surface area contributed by atoms with Gasteiger partial charge in [-0.1, -0.05) is 18.2 Å². The molecular weight excluding hydrogens is 269 g/mol. The van der Waals surface area contributed by atoms with Crippen LogP contribution in [-0.4, -0.2) is 37.6 Å². The van der Waals surface area contributed by atoms with Crippen molar-refractivity contribution in [3.05, 3.63) is 30.3 Å². The van der Waals surface area contributed by atoms with Gasteiger partial charge in [0.25, 0.3) is 0 Å². The Labute approximate surface area is 124 Å². The SMILES string of the molecule is COB(OC)c1cc2ccccc2n1C(=O)OC(C)(C)C. The summed E-state index contributed by atoms with van der Waals surface area (Å²) in [5.74, 6) is 0. The van der Waals surface area contributed by atoms with Gasteiger partial charge in [0.1, 0.15) is 5.60 Å². The lowest BCUT2D eigenvalue weighted by molar-refractivity contribution is 0.0547. The van der Waals surface area contributed by atoms with Gasteiger partial charge in [0.2, 0.25) is 0 Å². The standard InChI is InChI=1S/C15H20BNO4/c1-15(2,3)21-14(18)17-12-9-7-6-8-11(12)10-13(17)16(19-4)20-5/h6-10H,1-5H3. The highest BCUT2D eigenvalue weighted by Crippen LogP contribution is 2.17. The molecule has 0 fully saturated rings. The summed E-state index contributed by atoms with van der Waals surface area (Å²) in [5, 5.41) is 0.928. The van der Waals surface area contributed by atoms with E-state index >= 15 is 0 Å². The van der Waals surface area contributed by atoms with Gasteiger partial charge < -0.3 is 14.0 Å². The van der Waals surface area contributed by atoms with Crippen LogP contribution in [-0.2, 0) is 14.0 Å². The maximum Gasteiger partial charge on any atom is 0.511 e. The number of benzene rings is 1. The molecule has 0 aliphatic heterocycles. The Hall–Kier alpha value is -1.79. The maximum absolute atomic E-state index is 12.5. The molecule has 0 amide bonds. The smallest absolute Gasteiger partial charge is 0.443 e. The molecule has 6 heteroatoms. The number of aromatic nitrogens is 1. The molecule has 0 spiro atoms. The number of hydrogen-bond acceptors (Lipinski definition) is 4. The molecule has 1 aromatic carbocycles. The van der Waals surface area contributed by atoms with Crippen molar-refractivity contribution < 1.29 is 18.8 Å². The zero-order valence-corrected chi connectivity index (χ0v) is 13.0. The van der Waals surface area contributed by atoms with Gasteiger partial charge in [-0.2, -0.15) is 0 Å². The average molecular weight is 289 g/mol. The molecule has 1 aromatic heterocycles. The Morgan fingerprint density at radius 2 is 1.76 bits per heavy atom. The molecule has 0 saturated heterocycles. The normalized spacial score (nSPS) is 11.7. The molecule has 1 heterocycles. The number of ether oxygens (including phenoxy) is 1. The second-order valence-corrected chi connectivity index (χ2v) is 5.75. The van der Waals surface area contributed by atoms with Gasteiger partial charge in [0, 0.05) is 14.2 Å². The first-order valence-electron chi connectivity index (χ1n) is 6.76. The topological polar surface area (TPSA) is 49.7 Å². The van der Waals surface area contributed by atoms with Crippen LogP contribution in [0.25, 0.3) is 10.9 Å². The van der Waals surface area contributed by atoms with Gasteiger partial charge in [-0.3, -0.25) is 4.57 Å². The Kier molecular flexibility index (Phi) is 4.39. The summed E-state index contributed by atoms with van der Waals surface area (Å²) in [7, 11) is 2.43. The quantitative estimate of drug-likeness (QED) is 0.814. The number of nitrogens with zero attached hydrogens (tertiary/aromatic N) is 1. The molecular formula is C15H20BNO4. The van der Waals surface area contributed by atoms with Crippen LogP contribution in [0.5, 0.6) is 0 Å². The van der Waals surface area contributed by atoms with E-state index in [-0.39, 0.29) is 0 Å². The lowest BCUT2D eigenvalue weighted by Gasteiger charge is -2.21. The van der Waals surface area contributed by atoms with Crippen LogP contribution in [0.1, 0.15) is 20.8 Å². The van der Waals surface area contributed by atoms with Crippen LogP contribution >= 0.6 is 0 Å². The number of rotatable bonds is 3. The van der Waals surface area contributed by atoms with Crippen molar-refractivity contribution in [2.45, 2.75) is 26.4 Å². The fraction of sp³-hybridized carbons (Fsp3) is 0.400. The summed E-state index contributed by atoms with van der Waals surface area (Å²) in [4.78, 5) is 12.5. The Morgan fingerprint density at radius 1 is 1.14 bits per heavy atom. The molecule has 0 atom stereocenters. The Balaban J connectivity index is 2.57. The van der Waals surface area contributed by atoms with E-state index < -0.39 is 18.8 Å². The lowest BCUT2D eigenvalue weighted by Crippen LogP contribution is -2.43. The van der Waals surface area contributed by atoms with Gasteiger partial charge in [-0.25, -0.2) is 4.79 Å². The molecule has 0 aliphatic carbocycles. The second kappa shape index (κ2) is 5.91. The van der Waals surface area contributed by atoms with Gasteiger partial charge in [-0.15, -0.1) is 0 Å². The first-order chi connectivity index (χ1) is 9.87. The van der Waals surface area contributed by atoms with Crippen LogP contribution in [0.4, 0.5) is 4.79 Å². The number of fused-ring (bicyclic) bond motifs is 1. The van der Waals surface area contributed by atoms with Gasteiger partial charge in [0.05, 0.1) is 11.1 Å². The third-order valence-electron chi connectivity index (χ3n) is 2.98. The van der Waals surface area contributed by atoms with Crippen molar-refractivity contribution in [2.24, 2.45) is 0 Å². The summed E-state index contributed by atoms with van der Waals surface area (Å²) in [5.41, 5.74) is 0.798. The highest BCUT2D eigenvalue weighted by Gasteiger charge is 2.29. The van der Waals surface area contributed by atoms with E-state index in [4.69, 9.17) is 14.0 Å². The molecule has 0 saturated carbocycles. The minimum atomic E-state index is -0.634. The van der Waals surface area contributed by atoms with Crippen molar-refractivity contribution in [3.63, 3.8) is 0 Å². The van der Waals surface area contributed by atoms with Crippen LogP contribution in [0.3, 0.4) is 0 Å². The Morgan fingerprint density at radius 3 is 2.33 bits per heavy atom. The summed E-state index contributed by atoms with van der Waals surface area (Å²) >= 11 is 0. The Bertz CT molecular complexity index is 641. The fourth-order valence-corrected chi connectivity index (χ4v) is 2.20. The monoisotopic (exact) mass is 289 g/mol. The van der Waals surface area contributed by atoms with Gasteiger partial charge >= 0.3 is 13.2 Å². The molecule has 0 bridgehead atoms. The summed E-state index contributed by atoms with van der Waals surface area (Å²) in [6, 6.07) is 9.46.